The number of carbonyl (C=O) groups excluding carboxylic acids is 2. The molecular formula is C45H87O10P. The molecule has 0 amide bonds. The van der Waals surface area contributed by atoms with Gasteiger partial charge in [0.05, 0.1) is 19.8 Å². The fourth-order valence-corrected chi connectivity index (χ4v) is 7.37. The summed E-state index contributed by atoms with van der Waals surface area (Å²) in [5, 5.41) is 18.3. The van der Waals surface area contributed by atoms with Crippen LogP contribution in [0.4, 0.5) is 0 Å². The molecule has 0 aromatic rings. The molecule has 0 aromatic carbocycles. The van der Waals surface area contributed by atoms with E-state index in [1.807, 2.05) is 0 Å². The van der Waals surface area contributed by atoms with Gasteiger partial charge < -0.3 is 24.6 Å². The number of ether oxygens (including phenoxy) is 2. The maximum absolute atomic E-state index is 12.6. The second-order valence-corrected chi connectivity index (χ2v) is 17.2. The molecule has 0 aromatic heterocycles. The highest BCUT2D eigenvalue weighted by Crippen LogP contribution is 2.43. The molecule has 0 rings (SSSR count). The zero-order valence-electron chi connectivity index (χ0n) is 36.1. The van der Waals surface area contributed by atoms with E-state index in [2.05, 4.69) is 26.0 Å². The number of unbranched alkanes of at least 4 members (excludes halogenated alkanes) is 28. The van der Waals surface area contributed by atoms with Crippen molar-refractivity contribution >= 4 is 19.8 Å². The number of aliphatic hydroxyl groups is 2. The van der Waals surface area contributed by atoms with Crippen LogP contribution in [0.3, 0.4) is 0 Å². The van der Waals surface area contributed by atoms with Crippen LogP contribution in [0.25, 0.3) is 0 Å². The summed E-state index contributed by atoms with van der Waals surface area (Å²) in [6.45, 7) is 2.41. The lowest BCUT2D eigenvalue weighted by atomic mass is 10.0. The minimum atomic E-state index is -4.61. The number of esters is 2. The van der Waals surface area contributed by atoms with Crippen LogP contribution in [0.1, 0.15) is 226 Å². The monoisotopic (exact) mass is 819 g/mol. The van der Waals surface area contributed by atoms with Crippen LogP contribution < -0.4 is 0 Å². The Hall–Kier alpha value is -1.29. The molecule has 0 spiro atoms. The van der Waals surface area contributed by atoms with Crippen molar-refractivity contribution in [3.8, 4) is 0 Å². The van der Waals surface area contributed by atoms with E-state index >= 15 is 0 Å². The van der Waals surface area contributed by atoms with Gasteiger partial charge in [0.15, 0.2) is 6.10 Å². The number of phosphoric ester groups is 1. The minimum Gasteiger partial charge on any atom is -0.462 e. The van der Waals surface area contributed by atoms with E-state index < -0.39 is 51.8 Å². The van der Waals surface area contributed by atoms with Crippen molar-refractivity contribution in [3.05, 3.63) is 12.2 Å². The molecule has 0 aliphatic heterocycles. The molecule has 0 saturated carbocycles. The van der Waals surface area contributed by atoms with Crippen molar-refractivity contribution < 1.29 is 47.8 Å². The Morgan fingerprint density at radius 3 is 1.30 bits per heavy atom. The molecule has 332 valence electrons. The third-order valence-corrected chi connectivity index (χ3v) is 11.1. The lowest BCUT2D eigenvalue weighted by Crippen LogP contribution is -2.29. The predicted octanol–water partition coefficient (Wildman–Crippen LogP) is 12.4. The number of rotatable bonds is 44. The largest absolute Gasteiger partial charge is 0.472 e. The molecule has 56 heavy (non-hydrogen) atoms. The average Bonchev–Trinajstić information content (AvgIpc) is 3.19. The second-order valence-electron chi connectivity index (χ2n) is 15.8. The van der Waals surface area contributed by atoms with Crippen LogP contribution in [0.2, 0.25) is 0 Å². The van der Waals surface area contributed by atoms with Gasteiger partial charge in [0, 0.05) is 12.8 Å². The molecule has 11 heteroatoms. The topological polar surface area (TPSA) is 149 Å². The van der Waals surface area contributed by atoms with Gasteiger partial charge in [-0.05, 0) is 38.5 Å². The summed E-state index contributed by atoms with van der Waals surface area (Å²) in [7, 11) is -4.61. The van der Waals surface area contributed by atoms with Crippen LogP contribution in [-0.4, -0.2) is 65.7 Å². The molecule has 0 aliphatic rings. The number of hydrogen-bond acceptors (Lipinski definition) is 9. The van der Waals surface area contributed by atoms with Crippen LogP contribution in [0.15, 0.2) is 12.2 Å². The zero-order chi connectivity index (χ0) is 41.2. The van der Waals surface area contributed by atoms with Crippen molar-refractivity contribution in [3.63, 3.8) is 0 Å². The molecule has 3 atom stereocenters. The van der Waals surface area contributed by atoms with E-state index in [4.69, 9.17) is 23.6 Å². The molecule has 0 bridgehead atoms. The van der Waals surface area contributed by atoms with Gasteiger partial charge in [0.25, 0.3) is 0 Å². The summed E-state index contributed by atoms with van der Waals surface area (Å²) < 4.78 is 32.8. The lowest BCUT2D eigenvalue weighted by Gasteiger charge is -2.20. The Morgan fingerprint density at radius 1 is 0.518 bits per heavy atom. The van der Waals surface area contributed by atoms with Crippen LogP contribution >= 0.6 is 7.82 Å². The standard InChI is InChI=1S/C45H87O10P/c1-3-5-7-9-11-13-15-17-19-21-23-25-27-29-31-33-35-37-45(49)55-43(41-54-56(50,51)53-39-42(47)38-46)40-52-44(48)36-34-32-30-28-26-24-22-20-18-16-14-12-10-8-6-4-2/h13,15,42-43,46-47H,3-12,14,16-41H2,1-2H3,(H,50,51)/b15-13+/t42-,43+/m0/s1. The number of hydrogen-bond donors (Lipinski definition) is 3. The first-order chi connectivity index (χ1) is 27.2. The van der Waals surface area contributed by atoms with Gasteiger partial charge in [-0.25, -0.2) is 4.57 Å². The number of phosphoric acid groups is 1. The highest BCUT2D eigenvalue weighted by atomic mass is 31.2. The maximum atomic E-state index is 12.6. The molecule has 1 unspecified atom stereocenters. The average molecular weight is 819 g/mol. The normalized spacial score (nSPS) is 13.9. The smallest absolute Gasteiger partial charge is 0.462 e. The third-order valence-electron chi connectivity index (χ3n) is 10.2. The molecule has 0 saturated heterocycles. The molecule has 0 heterocycles. The number of allylic oxidation sites excluding steroid dienone is 2. The zero-order valence-corrected chi connectivity index (χ0v) is 37.0. The van der Waals surface area contributed by atoms with E-state index in [1.54, 1.807) is 0 Å². The predicted molar refractivity (Wildman–Crippen MR) is 229 cm³/mol. The van der Waals surface area contributed by atoms with Crippen molar-refractivity contribution in [2.45, 2.75) is 238 Å². The second kappa shape index (κ2) is 41.9. The molecular weight excluding hydrogens is 731 g/mol. The van der Waals surface area contributed by atoms with Crippen molar-refractivity contribution in [1.82, 2.24) is 0 Å². The summed E-state index contributed by atoms with van der Waals surface area (Å²) in [6, 6.07) is 0. The van der Waals surface area contributed by atoms with Crippen molar-refractivity contribution in [2.75, 3.05) is 26.4 Å². The first-order valence-electron chi connectivity index (χ1n) is 23.1. The first-order valence-corrected chi connectivity index (χ1v) is 24.6. The summed E-state index contributed by atoms with van der Waals surface area (Å²) in [4.78, 5) is 35.0. The van der Waals surface area contributed by atoms with Gasteiger partial charge in [0.1, 0.15) is 12.7 Å². The van der Waals surface area contributed by atoms with Gasteiger partial charge in [0.2, 0.25) is 0 Å². The van der Waals surface area contributed by atoms with Crippen LogP contribution in [0.5, 0.6) is 0 Å². The van der Waals surface area contributed by atoms with Gasteiger partial charge in [-0.1, -0.05) is 187 Å². The molecule has 0 fully saturated rings. The Kier molecular flexibility index (Phi) is 40.9. The van der Waals surface area contributed by atoms with Crippen LogP contribution in [-0.2, 0) is 32.7 Å². The minimum absolute atomic E-state index is 0.186. The fourth-order valence-electron chi connectivity index (χ4n) is 6.58. The van der Waals surface area contributed by atoms with Gasteiger partial charge in [-0.15, -0.1) is 0 Å². The van der Waals surface area contributed by atoms with Crippen molar-refractivity contribution in [1.29, 1.82) is 0 Å². The Balaban J connectivity index is 4.22. The number of carbonyl (C=O) groups is 2. The Labute approximate surface area is 343 Å². The Morgan fingerprint density at radius 2 is 0.875 bits per heavy atom. The van der Waals surface area contributed by atoms with Gasteiger partial charge >= 0.3 is 19.8 Å². The first kappa shape index (κ1) is 54.7. The van der Waals surface area contributed by atoms with E-state index in [-0.39, 0.29) is 19.4 Å². The summed E-state index contributed by atoms with van der Waals surface area (Å²) in [5.74, 6) is -0.914. The number of aliphatic hydroxyl groups excluding tert-OH is 2. The fraction of sp³-hybridized carbons (Fsp3) is 0.911. The Bertz CT molecular complexity index is 946. The SMILES string of the molecule is CCCCCC/C=C/CCCCCCCCCCCC(=O)O[C@H](COC(=O)CCCCCCCCCCCCCCCCCC)COP(=O)(O)OC[C@@H](O)CO. The van der Waals surface area contributed by atoms with E-state index in [1.165, 1.54) is 148 Å². The highest BCUT2D eigenvalue weighted by Gasteiger charge is 2.27. The van der Waals surface area contributed by atoms with Crippen molar-refractivity contribution in [2.24, 2.45) is 0 Å². The van der Waals surface area contributed by atoms with Crippen LogP contribution in [0, 0.1) is 0 Å². The third kappa shape index (κ3) is 40.9. The summed E-state index contributed by atoms with van der Waals surface area (Å²) in [5.41, 5.74) is 0. The quantitative estimate of drug-likeness (QED) is 0.0235. The lowest BCUT2D eigenvalue weighted by molar-refractivity contribution is -0.161. The molecule has 10 nitrogen and oxygen atoms in total. The summed E-state index contributed by atoms with van der Waals surface area (Å²) >= 11 is 0. The van der Waals surface area contributed by atoms with E-state index in [9.17, 15) is 24.2 Å². The molecule has 3 N–H and O–H groups in total. The van der Waals surface area contributed by atoms with Gasteiger partial charge in [-0.2, -0.15) is 0 Å². The maximum Gasteiger partial charge on any atom is 0.472 e. The highest BCUT2D eigenvalue weighted by molar-refractivity contribution is 7.47. The molecule has 0 radical (unpaired) electrons. The summed E-state index contributed by atoms with van der Waals surface area (Å²) in [6.07, 6.45) is 40.3. The molecule has 0 aliphatic carbocycles. The van der Waals surface area contributed by atoms with E-state index in [0.717, 1.165) is 38.5 Å². The van der Waals surface area contributed by atoms with Gasteiger partial charge in [-0.3, -0.25) is 18.6 Å². The van der Waals surface area contributed by atoms with E-state index in [0.29, 0.717) is 12.8 Å².